The van der Waals surface area contributed by atoms with E-state index in [1.54, 1.807) is 6.07 Å². The Labute approximate surface area is 158 Å². The van der Waals surface area contributed by atoms with Crippen LogP contribution >= 0.6 is 11.6 Å². The number of nitrogens with one attached hydrogen (secondary N) is 1. The van der Waals surface area contributed by atoms with Crippen LogP contribution in [-0.2, 0) is 14.8 Å². The summed E-state index contributed by atoms with van der Waals surface area (Å²) in [7, 11) is -3.99. The molecule has 140 valence electrons. The second-order valence-corrected chi connectivity index (χ2v) is 7.84. The lowest BCUT2D eigenvalue weighted by atomic mass is 10.2. The summed E-state index contributed by atoms with van der Waals surface area (Å²) in [5.74, 6) is -1.30. The predicted molar refractivity (Wildman–Crippen MR) is 96.0 cm³/mol. The third kappa shape index (κ3) is 3.49. The van der Waals surface area contributed by atoms with Gasteiger partial charge in [-0.1, -0.05) is 23.7 Å². The number of benzene rings is 2. The van der Waals surface area contributed by atoms with Crippen LogP contribution in [0.25, 0.3) is 0 Å². The summed E-state index contributed by atoms with van der Waals surface area (Å²) >= 11 is 5.70. The van der Waals surface area contributed by atoms with E-state index in [2.05, 4.69) is 5.32 Å². The van der Waals surface area contributed by atoms with Crippen LogP contribution in [0.15, 0.2) is 47.4 Å². The minimum atomic E-state index is -3.99. The number of anilines is 1. The first-order valence-electron chi connectivity index (χ1n) is 7.61. The molecule has 1 aliphatic rings. The molecule has 2 aromatic rings. The number of halogens is 1. The number of amides is 2. The molecule has 0 atom stereocenters. The van der Waals surface area contributed by atoms with Crippen molar-refractivity contribution < 1.29 is 22.9 Å². The number of carbonyl (C=O) groups is 2. The largest absolute Gasteiger partial charge is 0.326 e. The standard InChI is InChI=1S/C16H12ClN3O6S/c17-12-6-5-10(9-13(12)20(23)24)18-15(21)7-8-19-16(22)11-3-1-2-4-14(11)27(19,25)26/h1-6,9H,7-8H2,(H,18,21). The fourth-order valence-electron chi connectivity index (χ4n) is 2.61. The molecule has 1 aliphatic heterocycles. The maximum atomic E-state index is 12.4. The normalized spacial score (nSPS) is 14.7. The lowest BCUT2D eigenvalue weighted by molar-refractivity contribution is -0.384. The minimum absolute atomic E-state index is 0.0613. The first-order valence-corrected chi connectivity index (χ1v) is 9.43. The van der Waals surface area contributed by atoms with Crippen molar-refractivity contribution in [3.05, 3.63) is 63.2 Å². The molecule has 0 bridgehead atoms. The van der Waals surface area contributed by atoms with E-state index in [9.17, 15) is 28.1 Å². The zero-order valence-electron chi connectivity index (χ0n) is 13.6. The van der Waals surface area contributed by atoms with Gasteiger partial charge in [-0.2, -0.15) is 0 Å². The van der Waals surface area contributed by atoms with Crippen molar-refractivity contribution in [3.8, 4) is 0 Å². The topological polar surface area (TPSA) is 127 Å². The second-order valence-electron chi connectivity index (χ2n) is 5.60. The maximum Gasteiger partial charge on any atom is 0.289 e. The van der Waals surface area contributed by atoms with E-state index >= 15 is 0 Å². The summed E-state index contributed by atoms with van der Waals surface area (Å²) < 4.78 is 25.5. The van der Waals surface area contributed by atoms with Gasteiger partial charge in [0.25, 0.3) is 21.6 Å². The maximum absolute atomic E-state index is 12.4. The van der Waals surface area contributed by atoms with E-state index < -0.39 is 26.8 Å². The Hall–Kier alpha value is -2.98. The number of carbonyl (C=O) groups excluding carboxylic acids is 2. The summed E-state index contributed by atoms with van der Waals surface area (Å²) in [6.45, 7) is -0.350. The van der Waals surface area contributed by atoms with Crippen molar-refractivity contribution in [1.29, 1.82) is 0 Å². The molecule has 2 amide bonds. The first kappa shape index (κ1) is 18.8. The van der Waals surface area contributed by atoms with Crippen LogP contribution in [0.3, 0.4) is 0 Å². The van der Waals surface area contributed by atoms with Crippen molar-refractivity contribution in [3.63, 3.8) is 0 Å². The number of hydrogen-bond acceptors (Lipinski definition) is 6. The van der Waals surface area contributed by atoms with Crippen LogP contribution < -0.4 is 5.32 Å². The van der Waals surface area contributed by atoms with Crippen LogP contribution in [0, 0.1) is 10.1 Å². The van der Waals surface area contributed by atoms with E-state index in [4.69, 9.17) is 11.6 Å². The highest BCUT2D eigenvalue weighted by molar-refractivity contribution is 7.90. The molecular formula is C16H12ClN3O6S. The third-order valence-corrected chi connectivity index (χ3v) is 6.04. The van der Waals surface area contributed by atoms with E-state index in [-0.39, 0.29) is 39.8 Å². The number of fused-ring (bicyclic) bond motifs is 1. The van der Waals surface area contributed by atoms with E-state index in [1.807, 2.05) is 0 Å². The van der Waals surface area contributed by atoms with Crippen LogP contribution in [0.4, 0.5) is 11.4 Å². The van der Waals surface area contributed by atoms with Gasteiger partial charge in [-0.25, -0.2) is 12.7 Å². The molecule has 11 heteroatoms. The molecule has 3 rings (SSSR count). The van der Waals surface area contributed by atoms with E-state index in [1.165, 1.54) is 30.3 Å². The Bertz CT molecular complexity index is 1070. The van der Waals surface area contributed by atoms with Gasteiger partial charge in [-0.3, -0.25) is 19.7 Å². The van der Waals surface area contributed by atoms with Crippen molar-refractivity contribution in [2.75, 3.05) is 11.9 Å². The second kappa shape index (κ2) is 6.97. The van der Waals surface area contributed by atoms with Gasteiger partial charge in [0.2, 0.25) is 5.91 Å². The zero-order valence-corrected chi connectivity index (χ0v) is 15.2. The highest BCUT2D eigenvalue weighted by Gasteiger charge is 2.40. The number of nitrogens with zero attached hydrogens (tertiary/aromatic N) is 2. The van der Waals surface area contributed by atoms with Gasteiger partial charge >= 0.3 is 0 Å². The van der Waals surface area contributed by atoms with Gasteiger partial charge in [0.1, 0.15) is 9.92 Å². The molecule has 0 fully saturated rings. The van der Waals surface area contributed by atoms with E-state index in [0.29, 0.717) is 4.31 Å². The first-order chi connectivity index (χ1) is 12.7. The SMILES string of the molecule is O=C(CCN1C(=O)c2ccccc2S1(=O)=O)Nc1ccc(Cl)c([N+](=O)[O-])c1. The van der Waals surface area contributed by atoms with Crippen LogP contribution in [0.2, 0.25) is 5.02 Å². The van der Waals surface area contributed by atoms with Gasteiger partial charge in [0.05, 0.1) is 10.5 Å². The Kier molecular flexibility index (Phi) is 4.85. The average molecular weight is 410 g/mol. The summed E-state index contributed by atoms with van der Waals surface area (Å²) in [4.78, 5) is 34.4. The van der Waals surface area contributed by atoms with Crippen molar-refractivity contribution in [2.24, 2.45) is 0 Å². The fraction of sp³-hybridized carbons (Fsp3) is 0.125. The third-order valence-electron chi connectivity index (χ3n) is 3.88. The predicted octanol–water partition coefficient (Wildman–Crippen LogP) is 2.42. The number of sulfonamides is 1. The number of nitro groups is 1. The van der Waals surface area contributed by atoms with Crippen LogP contribution in [-0.4, -0.2) is 36.0 Å². The molecule has 1 heterocycles. The highest BCUT2D eigenvalue weighted by Crippen LogP contribution is 2.30. The molecular weight excluding hydrogens is 398 g/mol. The van der Waals surface area contributed by atoms with Crippen molar-refractivity contribution in [2.45, 2.75) is 11.3 Å². The average Bonchev–Trinajstić information content (AvgIpc) is 2.81. The molecule has 0 aromatic heterocycles. The van der Waals surface area contributed by atoms with Crippen LogP contribution in [0.5, 0.6) is 0 Å². The van der Waals surface area contributed by atoms with Gasteiger partial charge < -0.3 is 5.32 Å². The highest BCUT2D eigenvalue weighted by atomic mass is 35.5. The fourth-order valence-corrected chi connectivity index (χ4v) is 4.37. The Morgan fingerprint density at radius 1 is 1.22 bits per heavy atom. The summed E-state index contributed by atoms with van der Waals surface area (Å²) in [5.41, 5.74) is -0.177. The number of hydrogen-bond donors (Lipinski definition) is 1. The summed E-state index contributed by atoms with van der Waals surface area (Å²) in [6.07, 6.45) is -0.310. The van der Waals surface area contributed by atoms with Gasteiger partial charge in [-0.15, -0.1) is 0 Å². The molecule has 0 aliphatic carbocycles. The summed E-state index contributed by atoms with van der Waals surface area (Å²) in [5, 5.41) is 13.2. The molecule has 0 saturated heterocycles. The van der Waals surface area contributed by atoms with Gasteiger partial charge in [0.15, 0.2) is 0 Å². The molecule has 2 aromatic carbocycles. The molecule has 0 radical (unpaired) electrons. The van der Waals surface area contributed by atoms with Gasteiger partial charge in [-0.05, 0) is 24.3 Å². The molecule has 27 heavy (non-hydrogen) atoms. The number of nitro benzene ring substituents is 1. The molecule has 9 nitrogen and oxygen atoms in total. The van der Waals surface area contributed by atoms with Gasteiger partial charge in [0, 0.05) is 24.7 Å². The molecule has 0 unspecified atom stereocenters. The van der Waals surface area contributed by atoms with Crippen molar-refractivity contribution >= 4 is 44.8 Å². The Morgan fingerprint density at radius 3 is 2.59 bits per heavy atom. The molecule has 1 N–H and O–H groups in total. The van der Waals surface area contributed by atoms with E-state index in [0.717, 1.165) is 6.07 Å². The zero-order chi connectivity index (χ0) is 19.8. The molecule has 0 spiro atoms. The molecule has 0 saturated carbocycles. The minimum Gasteiger partial charge on any atom is -0.326 e. The lowest BCUT2D eigenvalue weighted by Gasteiger charge is -2.14. The quantitative estimate of drug-likeness (QED) is 0.596. The summed E-state index contributed by atoms with van der Waals surface area (Å²) in [6, 6.07) is 9.52. The lowest BCUT2D eigenvalue weighted by Crippen LogP contribution is -2.33. The van der Waals surface area contributed by atoms with Crippen LogP contribution in [0.1, 0.15) is 16.8 Å². The Morgan fingerprint density at radius 2 is 1.93 bits per heavy atom. The smallest absolute Gasteiger partial charge is 0.289 e. The van der Waals surface area contributed by atoms with Crippen molar-refractivity contribution in [1.82, 2.24) is 4.31 Å². The number of rotatable bonds is 5. The Balaban J connectivity index is 1.69. The monoisotopic (exact) mass is 409 g/mol.